The number of hydrazone groups is 1. The van der Waals surface area contributed by atoms with Gasteiger partial charge in [0.05, 0.1) is 5.71 Å². The van der Waals surface area contributed by atoms with Crippen molar-refractivity contribution in [1.29, 1.82) is 0 Å². The molecule has 1 aromatic heterocycles. The van der Waals surface area contributed by atoms with E-state index in [1.807, 2.05) is 18.2 Å². The number of nitrogens with zero attached hydrogens (tertiary/aromatic N) is 3. The zero-order valence-corrected chi connectivity index (χ0v) is 14.3. The molecule has 1 aliphatic rings. The van der Waals surface area contributed by atoms with Crippen molar-refractivity contribution < 1.29 is 0 Å². The smallest absolute Gasteiger partial charge is 0.0746 e. The third-order valence-corrected chi connectivity index (χ3v) is 5.22. The number of thiophene rings is 1. The van der Waals surface area contributed by atoms with Gasteiger partial charge in [0.1, 0.15) is 0 Å². The SMILES string of the molecule is C/C(=N/N1CCN(Cc2ccccc2Cl)CC1)c1cccs1. The minimum Gasteiger partial charge on any atom is -0.295 e. The van der Waals surface area contributed by atoms with E-state index >= 15 is 0 Å². The average molecular weight is 334 g/mol. The van der Waals surface area contributed by atoms with E-state index < -0.39 is 0 Å². The number of hydrogen-bond acceptors (Lipinski definition) is 4. The van der Waals surface area contributed by atoms with Crippen molar-refractivity contribution in [3.05, 3.63) is 57.2 Å². The van der Waals surface area contributed by atoms with E-state index in [1.165, 1.54) is 10.4 Å². The fraction of sp³-hybridized carbons (Fsp3) is 0.353. The average Bonchev–Trinajstić information content (AvgIpc) is 3.06. The molecule has 0 spiro atoms. The van der Waals surface area contributed by atoms with Crippen LogP contribution in [0.3, 0.4) is 0 Å². The number of hydrogen-bond donors (Lipinski definition) is 0. The van der Waals surface area contributed by atoms with Gasteiger partial charge >= 0.3 is 0 Å². The molecule has 0 unspecified atom stereocenters. The Labute approximate surface area is 140 Å². The molecule has 1 aromatic carbocycles. The van der Waals surface area contributed by atoms with Gasteiger partial charge < -0.3 is 0 Å². The first-order valence-corrected chi connectivity index (χ1v) is 8.78. The Morgan fingerprint density at radius 1 is 1.14 bits per heavy atom. The van der Waals surface area contributed by atoms with Gasteiger partial charge in [-0.2, -0.15) is 5.10 Å². The van der Waals surface area contributed by atoms with Gasteiger partial charge in [-0.25, -0.2) is 0 Å². The van der Waals surface area contributed by atoms with E-state index in [1.54, 1.807) is 11.3 Å². The Hall–Kier alpha value is -1.36. The third-order valence-electron chi connectivity index (χ3n) is 3.87. The van der Waals surface area contributed by atoms with E-state index in [-0.39, 0.29) is 0 Å². The van der Waals surface area contributed by atoms with Crippen LogP contribution in [0.1, 0.15) is 17.4 Å². The van der Waals surface area contributed by atoms with Crippen LogP contribution in [-0.4, -0.2) is 41.8 Å². The van der Waals surface area contributed by atoms with Crippen molar-refractivity contribution in [2.24, 2.45) is 5.10 Å². The molecule has 0 radical (unpaired) electrons. The van der Waals surface area contributed by atoms with Crippen LogP contribution in [0.2, 0.25) is 5.02 Å². The van der Waals surface area contributed by atoms with Crippen molar-refractivity contribution in [3.8, 4) is 0 Å². The van der Waals surface area contributed by atoms with Gasteiger partial charge in [-0.1, -0.05) is 35.9 Å². The Morgan fingerprint density at radius 3 is 2.59 bits per heavy atom. The molecule has 116 valence electrons. The molecule has 2 aromatic rings. The molecule has 0 saturated carbocycles. The summed E-state index contributed by atoms with van der Waals surface area (Å²) in [5.41, 5.74) is 2.31. The number of halogens is 1. The molecule has 3 nitrogen and oxygen atoms in total. The van der Waals surface area contributed by atoms with Crippen molar-refractivity contribution in [1.82, 2.24) is 9.91 Å². The molecule has 1 saturated heterocycles. The van der Waals surface area contributed by atoms with E-state index in [2.05, 4.69) is 40.4 Å². The normalized spacial score (nSPS) is 17.0. The van der Waals surface area contributed by atoms with E-state index in [9.17, 15) is 0 Å². The highest BCUT2D eigenvalue weighted by atomic mass is 35.5. The van der Waals surface area contributed by atoms with Gasteiger partial charge in [0.15, 0.2) is 0 Å². The zero-order valence-electron chi connectivity index (χ0n) is 12.7. The first-order chi connectivity index (χ1) is 10.7. The summed E-state index contributed by atoms with van der Waals surface area (Å²) in [6.45, 7) is 6.97. The molecule has 1 fully saturated rings. The molecular weight excluding hydrogens is 314 g/mol. The Bertz CT molecular complexity index is 631. The number of rotatable bonds is 4. The van der Waals surface area contributed by atoms with Gasteiger partial charge in [-0.15, -0.1) is 11.3 Å². The van der Waals surface area contributed by atoms with Crippen LogP contribution < -0.4 is 0 Å². The van der Waals surface area contributed by atoms with Gasteiger partial charge in [-0.05, 0) is 30.0 Å². The third kappa shape index (κ3) is 3.88. The quantitative estimate of drug-likeness (QED) is 0.789. The van der Waals surface area contributed by atoms with Crippen LogP contribution >= 0.6 is 22.9 Å². The minimum absolute atomic E-state index is 0.858. The maximum atomic E-state index is 6.24. The van der Waals surface area contributed by atoms with Gasteiger partial charge in [0, 0.05) is 42.6 Å². The molecule has 5 heteroatoms. The summed E-state index contributed by atoms with van der Waals surface area (Å²) < 4.78 is 0. The lowest BCUT2D eigenvalue weighted by atomic mass is 10.2. The number of benzene rings is 1. The maximum Gasteiger partial charge on any atom is 0.0746 e. The molecule has 0 amide bonds. The second kappa shape index (κ2) is 7.27. The topological polar surface area (TPSA) is 18.8 Å². The second-order valence-electron chi connectivity index (χ2n) is 5.48. The number of piperazine rings is 1. The highest BCUT2D eigenvalue weighted by Crippen LogP contribution is 2.18. The van der Waals surface area contributed by atoms with E-state index in [0.717, 1.165) is 43.5 Å². The minimum atomic E-state index is 0.858. The highest BCUT2D eigenvalue weighted by molar-refractivity contribution is 7.12. The van der Waals surface area contributed by atoms with Crippen LogP contribution in [0.4, 0.5) is 0 Å². The zero-order chi connectivity index (χ0) is 15.4. The molecule has 2 heterocycles. The maximum absolute atomic E-state index is 6.24. The van der Waals surface area contributed by atoms with E-state index in [0.29, 0.717) is 0 Å². The molecule has 3 rings (SSSR count). The Morgan fingerprint density at radius 2 is 1.91 bits per heavy atom. The van der Waals surface area contributed by atoms with Gasteiger partial charge in [-0.3, -0.25) is 9.91 Å². The fourth-order valence-corrected chi connectivity index (χ4v) is 3.48. The second-order valence-corrected chi connectivity index (χ2v) is 6.84. The van der Waals surface area contributed by atoms with Crippen LogP contribution in [0, 0.1) is 0 Å². The van der Waals surface area contributed by atoms with Crippen molar-refractivity contribution in [2.45, 2.75) is 13.5 Å². The summed E-state index contributed by atoms with van der Waals surface area (Å²) >= 11 is 7.98. The van der Waals surface area contributed by atoms with Crippen molar-refractivity contribution in [3.63, 3.8) is 0 Å². The van der Waals surface area contributed by atoms with Crippen LogP contribution in [0.5, 0.6) is 0 Å². The molecule has 0 aliphatic carbocycles. The van der Waals surface area contributed by atoms with Crippen LogP contribution in [0.15, 0.2) is 46.9 Å². The summed E-state index contributed by atoms with van der Waals surface area (Å²) in [6, 6.07) is 12.3. The fourth-order valence-electron chi connectivity index (χ4n) is 2.61. The van der Waals surface area contributed by atoms with Crippen LogP contribution in [0.25, 0.3) is 0 Å². The largest absolute Gasteiger partial charge is 0.295 e. The predicted molar refractivity (Wildman–Crippen MR) is 94.8 cm³/mol. The van der Waals surface area contributed by atoms with Crippen molar-refractivity contribution in [2.75, 3.05) is 26.2 Å². The van der Waals surface area contributed by atoms with Crippen LogP contribution in [-0.2, 0) is 6.54 Å². The molecule has 0 bridgehead atoms. The predicted octanol–water partition coefficient (Wildman–Crippen LogP) is 3.94. The summed E-state index contributed by atoms with van der Waals surface area (Å²) in [7, 11) is 0. The molecule has 1 aliphatic heterocycles. The summed E-state index contributed by atoms with van der Waals surface area (Å²) in [5, 5.41) is 9.87. The Balaban J connectivity index is 1.54. The summed E-state index contributed by atoms with van der Waals surface area (Å²) in [6.07, 6.45) is 0. The van der Waals surface area contributed by atoms with Gasteiger partial charge in [0.25, 0.3) is 0 Å². The highest BCUT2D eigenvalue weighted by Gasteiger charge is 2.17. The molecule has 0 N–H and O–H groups in total. The molecule has 0 atom stereocenters. The summed E-state index contributed by atoms with van der Waals surface area (Å²) in [4.78, 5) is 3.69. The standard InChI is InChI=1S/C17H20ClN3S/c1-14(17-7-4-12-22-17)19-21-10-8-20(9-11-21)13-15-5-2-3-6-16(15)18/h2-7,12H,8-11,13H2,1H3/b19-14-. The first-order valence-electron chi connectivity index (χ1n) is 7.52. The monoisotopic (exact) mass is 333 g/mol. The van der Waals surface area contributed by atoms with Crippen molar-refractivity contribution >= 4 is 28.6 Å². The lowest BCUT2D eigenvalue weighted by molar-refractivity contribution is 0.130. The lowest BCUT2D eigenvalue weighted by Crippen LogP contribution is -2.43. The van der Waals surface area contributed by atoms with Gasteiger partial charge in [0.2, 0.25) is 0 Å². The molecule has 22 heavy (non-hydrogen) atoms. The molecular formula is C17H20ClN3S. The Kier molecular flexibility index (Phi) is 5.13. The first kappa shape index (κ1) is 15.5. The summed E-state index contributed by atoms with van der Waals surface area (Å²) in [5.74, 6) is 0. The van der Waals surface area contributed by atoms with E-state index in [4.69, 9.17) is 16.7 Å². The lowest BCUT2D eigenvalue weighted by Gasteiger charge is -2.33.